The molecule has 0 fully saturated rings. The molecule has 144 valence electrons. The first-order valence-electron chi connectivity index (χ1n) is 9.46. The van der Waals surface area contributed by atoms with Crippen molar-refractivity contribution in [2.45, 2.75) is 39.2 Å². The first kappa shape index (κ1) is 21.1. The first-order valence-corrected chi connectivity index (χ1v) is 9.46. The molecule has 3 heteroatoms. The van der Waals surface area contributed by atoms with Crippen LogP contribution in [0.4, 0.5) is 0 Å². The molecule has 0 amide bonds. The van der Waals surface area contributed by atoms with Gasteiger partial charge in [0.25, 0.3) is 0 Å². The van der Waals surface area contributed by atoms with Gasteiger partial charge in [0.15, 0.2) is 0 Å². The van der Waals surface area contributed by atoms with Crippen molar-refractivity contribution >= 4 is 5.70 Å². The smallest absolute Gasteiger partial charge is 0.0988 e. The summed E-state index contributed by atoms with van der Waals surface area (Å²) in [6.07, 6.45) is 4.72. The predicted molar refractivity (Wildman–Crippen MR) is 119 cm³/mol. The van der Waals surface area contributed by atoms with Gasteiger partial charge in [-0.3, -0.25) is 0 Å². The van der Waals surface area contributed by atoms with Gasteiger partial charge in [-0.2, -0.15) is 5.26 Å². The van der Waals surface area contributed by atoms with Crippen LogP contribution in [-0.4, -0.2) is 0 Å². The zero-order chi connectivity index (χ0) is 20.8. The zero-order valence-electron chi connectivity index (χ0n) is 17.0. The lowest BCUT2D eigenvalue weighted by molar-refractivity contribution is 0.600. The molecule has 1 aliphatic rings. The van der Waals surface area contributed by atoms with Crippen LogP contribution < -0.4 is 10.6 Å². The maximum atomic E-state index is 8.95. The van der Waals surface area contributed by atoms with E-state index in [0.717, 1.165) is 53.1 Å². The maximum absolute atomic E-state index is 8.95. The molecule has 1 atom stereocenters. The number of benzene rings is 1. The van der Waals surface area contributed by atoms with Gasteiger partial charge in [0.1, 0.15) is 0 Å². The summed E-state index contributed by atoms with van der Waals surface area (Å²) >= 11 is 0. The molecule has 0 radical (unpaired) electrons. The standard InChI is InChI=1S/C25H29N3/c1-8-19(5)27-21(7)22-9-11-24-23(14-22)10-12-25(24)28-20(6)17(3)13-16(2)18(4)15-26/h9,11,13-14,25,27-28H,3-8,10,12H2,1-2H3/b16-13+/t25-/m0/s1. The fourth-order valence-electron chi connectivity index (χ4n) is 3.16. The van der Waals surface area contributed by atoms with Crippen molar-refractivity contribution < 1.29 is 0 Å². The summed E-state index contributed by atoms with van der Waals surface area (Å²) in [4.78, 5) is 0. The van der Waals surface area contributed by atoms with Gasteiger partial charge >= 0.3 is 0 Å². The highest BCUT2D eigenvalue weighted by molar-refractivity contribution is 5.65. The van der Waals surface area contributed by atoms with Crippen molar-refractivity contribution in [2.75, 3.05) is 0 Å². The van der Waals surface area contributed by atoms with Crippen LogP contribution in [0, 0.1) is 11.3 Å². The highest BCUT2D eigenvalue weighted by atomic mass is 14.9. The van der Waals surface area contributed by atoms with E-state index >= 15 is 0 Å². The summed E-state index contributed by atoms with van der Waals surface area (Å²) in [5, 5.41) is 15.7. The number of hydrogen-bond donors (Lipinski definition) is 2. The molecule has 28 heavy (non-hydrogen) atoms. The summed E-state index contributed by atoms with van der Waals surface area (Å²) in [6.45, 7) is 23.9. The summed E-state index contributed by atoms with van der Waals surface area (Å²) in [5.41, 5.74) is 8.28. The van der Waals surface area contributed by atoms with E-state index in [0.29, 0.717) is 5.57 Å². The minimum Gasteiger partial charge on any atom is -0.378 e. The number of nitriles is 1. The third kappa shape index (κ3) is 4.92. The Kier molecular flexibility index (Phi) is 6.84. The molecular formula is C25H29N3. The van der Waals surface area contributed by atoms with Gasteiger partial charge in [-0.15, -0.1) is 0 Å². The van der Waals surface area contributed by atoms with E-state index in [2.05, 4.69) is 74.7 Å². The van der Waals surface area contributed by atoms with Crippen molar-refractivity contribution in [1.29, 1.82) is 5.26 Å². The molecule has 2 rings (SSSR count). The molecule has 0 heterocycles. The maximum Gasteiger partial charge on any atom is 0.0988 e. The topological polar surface area (TPSA) is 47.8 Å². The van der Waals surface area contributed by atoms with E-state index in [4.69, 9.17) is 5.26 Å². The van der Waals surface area contributed by atoms with Crippen LogP contribution in [0.25, 0.3) is 5.70 Å². The van der Waals surface area contributed by atoms with Gasteiger partial charge in [-0.05, 0) is 66.2 Å². The van der Waals surface area contributed by atoms with E-state index in [1.807, 2.05) is 13.0 Å². The number of hydrogen-bond acceptors (Lipinski definition) is 3. The lowest BCUT2D eigenvalue weighted by Crippen LogP contribution is -2.18. The molecule has 3 nitrogen and oxygen atoms in total. The number of rotatable bonds is 9. The highest BCUT2D eigenvalue weighted by Gasteiger charge is 2.23. The third-order valence-electron chi connectivity index (χ3n) is 5.06. The Bertz CT molecular complexity index is 922. The fourth-order valence-corrected chi connectivity index (χ4v) is 3.16. The van der Waals surface area contributed by atoms with Crippen LogP contribution in [0.5, 0.6) is 0 Å². The summed E-state index contributed by atoms with van der Waals surface area (Å²) in [7, 11) is 0. The lowest BCUT2D eigenvalue weighted by atomic mass is 10.0. The molecule has 0 saturated heterocycles. The Morgan fingerprint density at radius 2 is 1.96 bits per heavy atom. The molecule has 0 saturated carbocycles. The van der Waals surface area contributed by atoms with E-state index in [9.17, 15) is 0 Å². The quantitative estimate of drug-likeness (QED) is 0.423. The highest BCUT2D eigenvalue weighted by Crippen LogP contribution is 2.34. The Hall–Kier alpha value is -3.25. The number of fused-ring (bicyclic) bond motifs is 1. The minimum atomic E-state index is 0.202. The molecule has 0 bridgehead atoms. The SMILES string of the molecule is C=C(CC)NC(=C)c1ccc2c(c1)CC[C@@H]2NC(=C)C(=C)/C=C(\C)C(=C)C#N. The second kappa shape index (κ2) is 9.10. The number of allylic oxidation sites excluding steroid dienone is 4. The van der Waals surface area contributed by atoms with Crippen LogP contribution in [0.15, 0.2) is 85.3 Å². The average Bonchev–Trinajstić information content (AvgIpc) is 3.08. The Morgan fingerprint density at radius 3 is 2.61 bits per heavy atom. The largest absolute Gasteiger partial charge is 0.378 e. The Balaban J connectivity index is 2.08. The zero-order valence-corrected chi connectivity index (χ0v) is 17.0. The molecule has 0 spiro atoms. The van der Waals surface area contributed by atoms with E-state index in [1.54, 1.807) is 0 Å². The van der Waals surface area contributed by atoms with Crippen molar-refractivity contribution in [1.82, 2.24) is 10.6 Å². The summed E-state index contributed by atoms with van der Waals surface area (Å²) in [6, 6.07) is 8.71. The molecule has 0 aliphatic heterocycles. The second-order valence-electron chi connectivity index (χ2n) is 7.13. The van der Waals surface area contributed by atoms with Gasteiger partial charge in [0.05, 0.1) is 12.1 Å². The second-order valence-corrected chi connectivity index (χ2v) is 7.13. The molecular weight excluding hydrogens is 342 g/mol. The van der Waals surface area contributed by atoms with Crippen LogP contribution in [0.3, 0.4) is 0 Å². The molecule has 0 aromatic heterocycles. The third-order valence-corrected chi connectivity index (χ3v) is 5.06. The van der Waals surface area contributed by atoms with Crippen molar-refractivity contribution in [2.24, 2.45) is 0 Å². The number of nitrogens with zero attached hydrogens (tertiary/aromatic N) is 1. The first-order chi connectivity index (χ1) is 13.3. The van der Waals surface area contributed by atoms with E-state index in [1.165, 1.54) is 11.1 Å². The summed E-state index contributed by atoms with van der Waals surface area (Å²) < 4.78 is 0. The van der Waals surface area contributed by atoms with Gasteiger partial charge in [0.2, 0.25) is 0 Å². The monoisotopic (exact) mass is 371 g/mol. The van der Waals surface area contributed by atoms with Crippen molar-refractivity contribution in [3.8, 4) is 6.07 Å². The minimum absolute atomic E-state index is 0.202. The number of nitrogens with one attached hydrogen (secondary N) is 2. The van der Waals surface area contributed by atoms with Crippen molar-refractivity contribution in [3.63, 3.8) is 0 Å². The van der Waals surface area contributed by atoms with Gasteiger partial charge in [0, 0.05) is 22.7 Å². The van der Waals surface area contributed by atoms with Gasteiger partial charge in [-0.1, -0.05) is 52.0 Å². The normalized spacial score (nSPS) is 15.2. The van der Waals surface area contributed by atoms with Gasteiger partial charge in [-0.25, -0.2) is 0 Å². The molecule has 0 unspecified atom stereocenters. The average molecular weight is 372 g/mol. The van der Waals surface area contributed by atoms with Crippen LogP contribution in [0.2, 0.25) is 0 Å². The summed E-state index contributed by atoms with van der Waals surface area (Å²) in [5.74, 6) is 0. The van der Waals surface area contributed by atoms with Crippen LogP contribution >= 0.6 is 0 Å². The molecule has 1 aromatic rings. The van der Waals surface area contributed by atoms with Crippen LogP contribution in [-0.2, 0) is 6.42 Å². The molecule has 1 aliphatic carbocycles. The lowest BCUT2D eigenvalue weighted by Gasteiger charge is -2.19. The number of aryl methyl sites for hydroxylation is 1. The molecule has 2 N–H and O–H groups in total. The Morgan fingerprint density at radius 1 is 1.25 bits per heavy atom. The molecule has 1 aromatic carbocycles. The van der Waals surface area contributed by atoms with Crippen LogP contribution in [0.1, 0.15) is 49.4 Å². The van der Waals surface area contributed by atoms with Gasteiger partial charge < -0.3 is 10.6 Å². The predicted octanol–water partition coefficient (Wildman–Crippen LogP) is 5.84. The van der Waals surface area contributed by atoms with E-state index < -0.39 is 0 Å². The fraction of sp³-hybridized carbons (Fsp3) is 0.240. The Labute approximate surface area is 169 Å². The van der Waals surface area contributed by atoms with Crippen molar-refractivity contribution in [3.05, 3.63) is 102 Å². The van der Waals surface area contributed by atoms with E-state index in [-0.39, 0.29) is 6.04 Å².